The Balaban J connectivity index is 2.47. The Bertz CT molecular complexity index is 592. The average molecular weight is 309 g/mol. The van der Waals surface area contributed by atoms with Gasteiger partial charge in [-0.15, -0.1) is 0 Å². The van der Waals surface area contributed by atoms with Crippen molar-refractivity contribution >= 4 is 10.0 Å². The fourth-order valence-electron chi connectivity index (χ4n) is 2.07. The van der Waals surface area contributed by atoms with Gasteiger partial charge in [0.25, 0.3) is 10.0 Å². The molecule has 1 saturated heterocycles. The topological polar surface area (TPSA) is 46.6 Å². The fourth-order valence-corrected chi connectivity index (χ4v) is 3.62. The summed E-state index contributed by atoms with van der Waals surface area (Å²) < 4.78 is 63.9. The quantitative estimate of drug-likeness (QED) is 0.844. The van der Waals surface area contributed by atoms with Crippen molar-refractivity contribution in [2.45, 2.75) is 30.8 Å². The van der Waals surface area contributed by atoms with Crippen molar-refractivity contribution in [1.82, 2.24) is 4.47 Å². The number of hydroxylamine groups is 1. The van der Waals surface area contributed by atoms with Gasteiger partial charge in [0.15, 0.2) is 0 Å². The van der Waals surface area contributed by atoms with Gasteiger partial charge in [0.1, 0.15) is 0 Å². The van der Waals surface area contributed by atoms with Crippen LogP contribution in [-0.4, -0.2) is 26.0 Å². The lowest BCUT2D eigenvalue weighted by Crippen LogP contribution is -2.36. The number of hydrogen-bond donors (Lipinski definition) is 0. The zero-order chi connectivity index (χ0) is 15.0. The van der Waals surface area contributed by atoms with Crippen LogP contribution in [0.25, 0.3) is 0 Å². The van der Waals surface area contributed by atoms with E-state index < -0.39 is 21.8 Å². The van der Waals surface area contributed by atoms with E-state index in [-0.39, 0.29) is 23.6 Å². The highest BCUT2D eigenvalue weighted by Crippen LogP contribution is 2.35. The largest absolute Gasteiger partial charge is 0.416 e. The molecule has 1 heterocycles. The van der Waals surface area contributed by atoms with Gasteiger partial charge in [-0.05, 0) is 37.5 Å². The number of alkyl halides is 3. The van der Waals surface area contributed by atoms with Gasteiger partial charge in [-0.25, -0.2) is 8.42 Å². The van der Waals surface area contributed by atoms with Gasteiger partial charge < -0.3 is 0 Å². The molecule has 0 aliphatic carbocycles. The van der Waals surface area contributed by atoms with Crippen LogP contribution in [0.15, 0.2) is 23.1 Å². The van der Waals surface area contributed by atoms with Gasteiger partial charge in [-0.2, -0.15) is 13.2 Å². The van der Waals surface area contributed by atoms with Crippen LogP contribution >= 0.6 is 0 Å². The van der Waals surface area contributed by atoms with Crippen molar-refractivity contribution < 1.29 is 26.4 Å². The molecule has 20 heavy (non-hydrogen) atoms. The van der Waals surface area contributed by atoms with Crippen molar-refractivity contribution in [3.63, 3.8) is 0 Å². The Kier molecular flexibility index (Phi) is 4.08. The second kappa shape index (κ2) is 5.34. The van der Waals surface area contributed by atoms with Crippen LogP contribution in [0.3, 0.4) is 0 Å². The maximum atomic E-state index is 12.8. The number of hydrogen-bond acceptors (Lipinski definition) is 3. The number of rotatable bonds is 2. The van der Waals surface area contributed by atoms with Crippen molar-refractivity contribution in [1.29, 1.82) is 0 Å². The van der Waals surface area contributed by atoms with E-state index in [0.717, 1.165) is 36.0 Å². The molecule has 1 aromatic rings. The molecular weight excluding hydrogens is 295 g/mol. The molecule has 112 valence electrons. The van der Waals surface area contributed by atoms with E-state index in [1.54, 1.807) is 0 Å². The third-order valence-electron chi connectivity index (χ3n) is 3.11. The van der Waals surface area contributed by atoms with Crippen LogP contribution in [0, 0.1) is 6.92 Å². The molecule has 1 aliphatic rings. The summed E-state index contributed by atoms with van der Waals surface area (Å²) in [6, 6.07) is 3.12. The lowest BCUT2D eigenvalue weighted by atomic mass is 10.1. The van der Waals surface area contributed by atoms with Gasteiger partial charge in [0.2, 0.25) is 0 Å². The fraction of sp³-hybridized carbons (Fsp3) is 0.500. The standard InChI is InChI=1S/C12H14F3NO3S/c1-9-10(12(13,14)15)5-4-6-11(9)20(17,18)16-7-2-3-8-19-16/h4-6H,2-3,7-8H2,1H3. The van der Waals surface area contributed by atoms with Crippen molar-refractivity contribution in [2.24, 2.45) is 0 Å². The lowest BCUT2D eigenvalue weighted by Gasteiger charge is -2.26. The second-order valence-electron chi connectivity index (χ2n) is 4.50. The van der Waals surface area contributed by atoms with E-state index in [2.05, 4.69) is 0 Å². The maximum absolute atomic E-state index is 12.8. The van der Waals surface area contributed by atoms with Crippen LogP contribution in [0.4, 0.5) is 13.2 Å². The van der Waals surface area contributed by atoms with E-state index in [1.165, 1.54) is 0 Å². The first kappa shape index (κ1) is 15.3. The SMILES string of the molecule is Cc1c(C(F)(F)F)cccc1S(=O)(=O)N1CCCCO1. The molecule has 0 amide bonds. The maximum Gasteiger partial charge on any atom is 0.416 e. The number of halogens is 3. The summed E-state index contributed by atoms with van der Waals surface area (Å²) >= 11 is 0. The molecule has 0 spiro atoms. The minimum absolute atomic E-state index is 0.151. The summed E-state index contributed by atoms with van der Waals surface area (Å²) in [5, 5.41) is 0. The Morgan fingerprint density at radius 1 is 1.25 bits per heavy atom. The predicted octanol–water partition coefficient (Wildman–Crippen LogP) is 2.73. The van der Waals surface area contributed by atoms with Crippen LogP contribution in [0.1, 0.15) is 24.0 Å². The molecule has 0 saturated carbocycles. The van der Waals surface area contributed by atoms with Gasteiger partial charge in [0.05, 0.1) is 17.1 Å². The lowest BCUT2D eigenvalue weighted by molar-refractivity contribution is -0.138. The third kappa shape index (κ3) is 2.82. The van der Waals surface area contributed by atoms with E-state index in [0.29, 0.717) is 6.42 Å². The first-order chi connectivity index (χ1) is 9.24. The van der Waals surface area contributed by atoms with E-state index in [9.17, 15) is 21.6 Å². The summed E-state index contributed by atoms with van der Waals surface area (Å²) in [5.74, 6) is 0. The summed E-state index contributed by atoms with van der Waals surface area (Å²) in [4.78, 5) is 4.68. The highest BCUT2D eigenvalue weighted by Gasteiger charge is 2.36. The molecule has 0 radical (unpaired) electrons. The number of nitrogens with zero attached hydrogens (tertiary/aromatic N) is 1. The zero-order valence-corrected chi connectivity index (χ0v) is 11.6. The summed E-state index contributed by atoms with van der Waals surface area (Å²) in [5.41, 5.74) is -1.26. The van der Waals surface area contributed by atoms with Crippen LogP contribution < -0.4 is 0 Å². The van der Waals surface area contributed by atoms with Gasteiger partial charge in [-0.1, -0.05) is 10.5 Å². The van der Waals surface area contributed by atoms with Gasteiger partial charge >= 0.3 is 6.18 Å². The van der Waals surface area contributed by atoms with E-state index in [1.807, 2.05) is 0 Å². The van der Waals surface area contributed by atoms with Gasteiger partial charge in [-0.3, -0.25) is 4.84 Å². The Morgan fingerprint density at radius 3 is 2.50 bits per heavy atom. The second-order valence-corrected chi connectivity index (χ2v) is 6.30. The van der Waals surface area contributed by atoms with Crippen LogP contribution in [0.2, 0.25) is 0 Å². The number of benzene rings is 1. The zero-order valence-electron chi connectivity index (χ0n) is 10.8. The molecule has 1 aromatic carbocycles. The average Bonchev–Trinajstić information content (AvgIpc) is 2.38. The molecule has 0 aromatic heterocycles. The van der Waals surface area contributed by atoms with E-state index in [4.69, 9.17) is 4.84 Å². The van der Waals surface area contributed by atoms with Gasteiger partial charge in [0, 0.05) is 6.54 Å². The predicted molar refractivity (Wildman–Crippen MR) is 65.3 cm³/mol. The molecule has 2 rings (SSSR count). The minimum Gasteiger partial charge on any atom is -0.284 e. The normalized spacial score (nSPS) is 18.2. The molecule has 0 atom stereocenters. The molecule has 1 aliphatic heterocycles. The molecule has 0 N–H and O–H groups in total. The van der Waals surface area contributed by atoms with Crippen molar-refractivity contribution in [3.05, 3.63) is 29.3 Å². The Hall–Kier alpha value is -1.12. The monoisotopic (exact) mass is 309 g/mol. The first-order valence-corrected chi connectivity index (χ1v) is 7.51. The third-order valence-corrected chi connectivity index (χ3v) is 4.93. The molecule has 0 bridgehead atoms. The summed E-state index contributed by atoms with van der Waals surface area (Å²) in [7, 11) is -4.06. The summed E-state index contributed by atoms with van der Waals surface area (Å²) in [6.07, 6.45) is -3.23. The smallest absolute Gasteiger partial charge is 0.284 e. The highest BCUT2D eigenvalue weighted by molar-refractivity contribution is 7.89. The molecule has 1 fully saturated rings. The number of sulfonamides is 1. The van der Waals surface area contributed by atoms with Crippen LogP contribution in [0.5, 0.6) is 0 Å². The summed E-state index contributed by atoms with van der Waals surface area (Å²) in [6.45, 7) is 1.55. The molecule has 8 heteroatoms. The minimum atomic E-state index is -4.58. The molecular formula is C12H14F3NO3S. The highest BCUT2D eigenvalue weighted by atomic mass is 32.2. The first-order valence-electron chi connectivity index (χ1n) is 6.07. The Labute approximate surface area is 115 Å². The van der Waals surface area contributed by atoms with Crippen LogP contribution in [-0.2, 0) is 21.0 Å². The molecule has 0 unspecified atom stereocenters. The molecule has 4 nitrogen and oxygen atoms in total. The Morgan fingerprint density at radius 2 is 1.95 bits per heavy atom. The van der Waals surface area contributed by atoms with Crippen molar-refractivity contribution in [3.8, 4) is 0 Å². The van der Waals surface area contributed by atoms with Crippen molar-refractivity contribution in [2.75, 3.05) is 13.2 Å². The van der Waals surface area contributed by atoms with E-state index >= 15 is 0 Å².